The number of rotatable bonds is 11. The lowest BCUT2D eigenvalue weighted by Crippen LogP contribution is -2.75. The zero-order valence-corrected chi connectivity index (χ0v) is 19.9. The number of nitrogens with one attached hydrogen (secondary N) is 1. The first-order chi connectivity index (χ1) is 17.1. The van der Waals surface area contributed by atoms with E-state index in [0.29, 0.717) is 11.3 Å². The number of para-hydroxylation sites is 1. The third-order valence-electron chi connectivity index (χ3n) is 5.21. The summed E-state index contributed by atoms with van der Waals surface area (Å²) in [6.45, 7) is 4.44. The van der Waals surface area contributed by atoms with Gasteiger partial charge in [-0.3, -0.25) is 19.7 Å². The van der Waals surface area contributed by atoms with E-state index in [1.807, 2.05) is 0 Å². The van der Waals surface area contributed by atoms with Gasteiger partial charge in [0.05, 0.1) is 4.92 Å². The van der Waals surface area contributed by atoms with E-state index >= 15 is 0 Å². The van der Waals surface area contributed by atoms with Crippen LogP contribution < -0.4 is 10.1 Å². The van der Waals surface area contributed by atoms with Gasteiger partial charge in [-0.05, 0) is 42.3 Å². The fourth-order valence-corrected chi connectivity index (χ4v) is 4.32. The van der Waals surface area contributed by atoms with E-state index in [1.54, 1.807) is 30.3 Å². The van der Waals surface area contributed by atoms with Gasteiger partial charge in [-0.2, -0.15) is 0 Å². The molecule has 1 aliphatic rings. The summed E-state index contributed by atoms with van der Waals surface area (Å²) in [5.41, 5.74) is 0.492. The molecule has 2 N–H and O–H groups in total. The Morgan fingerprint density at radius 3 is 2.42 bits per heavy atom. The van der Waals surface area contributed by atoms with Gasteiger partial charge in [0.25, 0.3) is 17.5 Å². The average Bonchev–Trinajstić information content (AvgIpc) is 2.85. The van der Waals surface area contributed by atoms with E-state index in [0.717, 1.165) is 4.90 Å². The molecule has 2 aromatic carbocycles. The Morgan fingerprint density at radius 1 is 1.22 bits per heavy atom. The Balaban J connectivity index is 1.64. The zero-order chi connectivity index (χ0) is 26.4. The van der Waals surface area contributed by atoms with Gasteiger partial charge in [0.15, 0.2) is 29.1 Å². The van der Waals surface area contributed by atoms with E-state index in [4.69, 9.17) is 9.47 Å². The van der Waals surface area contributed by atoms with Crippen LogP contribution in [0.4, 0.5) is 5.69 Å². The van der Waals surface area contributed by atoms with Crippen LogP contribution in [0.15, 0.2) is 66.7 Å². The van der Waals surface area contributed by atoms with Crippen LogP contribution in [-0.2, 0) is 36.8 Å². The van der Waals surface area contributed by atoms with Crippen LogP contribution in [0.1, 0.15) is 12.5 Å². The van der Waals surface area contributed by atoms with Crippen molar-refractivity contribution < 1.29 is 37.5 Å². The Bertz CT molecular complexity index is 1190. The molecular formula is C23H23N3O9S. The molecule has 1 saturated heterocycles. The van der Waals surface area contributed by atoms with Crippen LogP contribution in [0.3, 0.4) is 0 Å². The predicted octanol–water partition coefficient (Wildman–Crippen LogP) is 1.54. The highest BCUT2D eigenvalue weighted by Gasteiger charge is 2.56. The third-order valence-corrected chi connectivity index (χ3v) is 6.12. The van der Waals surface area contributed by atoms with Crippen molar-refractivity contribution in [3.05, 3.63) is 82.4 Å². The highest BCUT2D eigenvalue weighted by molar-refractivity contribution is 7.80. The molecule has 0 spiro atoms. The summed E-state index contributed by atoms with van der Waals surface area (Å²) in [7, 11) is 0. The number of nitro benzene ring substituents is 1. The van der Waals surface area contributed by atoms with Crippen molar-refractivity contribution in [3.63, 3.8) is 0 Å². The molecule has 1 aliphatic heterocycles. The monoisotopic (exact) mass is 517 g/mol. The number of hydrogen-bond acceptors (Lipinski definition) is 8. The number of esters is 1. The number of amides is 2. The largest absolute Gasteiger partial charge is 0.484 e. The van der Waals surface area contributed by atoms with Crippen molar-refractivity contribution in [1.29, 1.82) is 0 Å². The molecule has 190 valence electrons. The second-order valence-corrected chi connectivity index (χ2v) is 8.87. The highest BCUT2D eigenvalue weighted by atomic mass is 32.2. The number of benzene rings is 2. The van der Waals surface area contributed by atoms with Gasteiger partial charge in [0, 0.05) is 12.1 Å². The van der Waals surface area contributed by atoms with E-state index in [-0.39, 0.29) is 17.9 Å². The molecule has 1 fully saturated rings. The minimum absolute atomic E-state index is 0.133. The molecule has 0 radical (unpaired) electrons. The molecule has 1 heterocycles. The van der Waals surface area contributed by atoms with Gasteiger partial charge in [0.1, 0.15) is 18.4 Å². The summed E-state index contributed by atoms with van der Waals surface area (Å²) < 4.78 is 32.4. The molecule has 2 aromatic rings. The van der Waals surface area contributed by atoms with Crippen LogP contribution >= 0.6 is 0 Å². The summed E-state index contributed by atoms with van der Waals surface area (Å²) in [4.78, 5) is 48.9. The SMILES string of the molecule is C=C(C)C(C(=O)OCc1ccc([N+](=O)[O-])cc1)N1C(=O)[C@H](NC(=O)COc2ccccc2)[C@H]1S(=O)O. The summed E-state index contributed by atoms with van der Waals surface area (Å²) in [5, 5.41) is 11.7. The standard InChI is InChI=1S/C23H23N3O9S/c1-14(2)20(23(29)35-12-15-8-10-16(11-9-15)26(30)31)25-21(28)19(22(25)36(32)33)24-18(27)13-34-17-6-4-3-5-7-17/h3-11,19-20,22H,1,12-13H2,2H3,(H,24,27)(H,32,33)/t19-,20?,22+/m0/s1. The number of nitrogens with zero attached hydrogens (tertiary/aromatic N) is 2. The fraction of sp³-hybridized carbons (Fsp3) is 0.261. The first-order valence-electron chi connectivity index (χ1n) is 10.5. The maximum atomic E-state index is 12.8. The van der Waals surface area contributed by atoms with Crippen molar-refractivity contribution in [2.24, 2.45) is 0 Å². The number of non-ortho nitro benzene ring substituents is 1. The molecule has 36 heavy (non-hydrogen) atoms. The van der Waals surface area contributed by atoms with Gasteiger partial charge < -0.3 is 24.2 Å². The number of likely N-dealkylation sites (tertiary alicyclic amines) is 1. The maximum absolute atomic E-state index is 12.8. The number of β-lactam (4-membered cyclic amide) rings is 1. The number of carbonyl (C=O) groups is 3. The lowest BCUT2D eigenvalue weighted by atomic mass is 9.99. The first-order valence-corrected chi connectivity index (χ1v) is 11.7. The number of ether oxygens (including phenoxy) is 2. The number of nitro groups is 1. The van der Waals surface area contributed by atoms with Gasteiger partial charge in [-0.25, -0.2) is 9.00 Å². The van der Waals surface area contributed by atoms with Crippen LogP contribution in [0.5, 0.6) is 5.75 Å². The van der Waals surface area contributed by atoms with Gasteiger partial charge in [-0.15, -0.1) is 0 Å². The smallest absolute Gasteiger partial charge is 0.333 e. The zero-order valence-electron chi connectivity index (χ0n) is 19.1. The van der Waals surface area contributed by atoms with E-state index < -0.39 is 57.9 Å². The van der Waals surface area contributed by atoms with E-state index in [1.165, 1.54) is 31.2 Å². The summed E-state index contributed by atoms with van der Waals surface area (Å²) in [6, 6.07) is 11.0. The minimum Gasteiger partial charge on any atom is -0.484 e. The van der Waals surface area contributed by atoms with Crippen molar-refractivity contribution >= 4 is 34.6 Å². The minimum atomic E-state index is -2.62. The maximum Gasteiger partial charge on any atom is 0.333 e. The fourth-order valence-electron chi connectivity index (χ4n) is 3.49. The van der Waals surface area contributed by atoms with Crippen LogP contribution in [0.25, 0.3) is 0 Å². The van der Waals surface area contributed by atoms with Gasteiger partial charge in [0.2, 0.25) is 0 Å². The van der Waals surface area contributed by atoms with Crippen LogP contribution in [-0.4, -0.2) is 60.4 Å². The molecule has 12 nitrogen and oxygen atoms in total. The van der Waals surface area contributed by atoms with E-state index in [9.17, 15) is 33.3 Å². The first kappa shape index (κ1) is 26.5. The Morgan fingerprint density at radius 2 is 1.86 bits per heavy atom. The second-order valence-electron chi connectivity index (χ2n) is 7.84. The molecule has 0 aromatic heterocycles. The average molecular weight is 518 g/mol. The van der Waals surface area contributed by atoms with Crippen molar-refractivity contribution in [3.8, 4) is 5.75 Å². The third kappa shape index (κ3) is 6.12. The summed E-state index contributed by atoms with van der Waals surface area (Å²) >= 11 is -2.62. The predicted molar refractivity (Wildman–Crippen MR) is 127 cm³/mol. The molecule has 4 atom stereocenters. The molecule has 2 unspecified atom stereocenters. The molecule has 2 amide bonds. The molecule has 0 bridgehead atoms. The topological polar surface area (TPSA) is 165 Å². The highest BCUT2D eigenvalue weighted by Crippen LogP contribution is 2.29. The molecule has 13 heteroatoms. The normalized spacial score (nSPS) is 18.4. The van der Waals surface area contributed by atoms with Crippen molar-refractivity contribution in [2.75, 3.05) is 6.61 Å². The Kier molecular flexibility index (Phi) is 8.51. The van der Waals surface area contributed by atoms with Gasteiger partial charge >= 0.3 is 5.97 Å². The molecule has 3 rings (SSSR count). The van der Waals surface area contributed by atoms with Gasteiger partial charge in [-0.1, -0.05) is 24.8 Å². The number of hydrogen-bond donors (Lipinski definition) is 2. The van der Waals surface area contributed by atoms with Crippen molar-refractivity contribution in [2.45, 2.75) is 31.0 Å². The Hall–Kier alpha value is -4.10. The quantitative estimate of drug-likeness (QED) is 0.112. The summed E-state index contributed by atoms with van der Waals surface area (Å²) in [5.74, 6) is -1.95. The summed E-state index contributed by atoms with van der Waals surface area (Å²) in [6.07, 6.45) is 0. The number of carbonyl (C=O) groups excluding carboxylic acids is 3. The lowest BCUT2D eigenvalue weighted by molar-refractivity contribution is -0.384. The molecule has 0 aliphatic carbocycles. The molecule has 0 saturated carbocycles. The van der Waals surface area contributed by atoms with Crippen LogP contribution in [0.2, 0.25) is 0 Å². The Labute approximate surface area is 208 Å². The van der Waals surface area contributed by atoms with Crippen molar-refractivity contribution in [1.82, 2.24) is 10.2 Å². The van der Waals surface area contributed by atoms with E-state index in [2.05, 4.69) is 11.9 Å². The van der Waals surface area contributed by atoms with Crippen LogP contribution in [0, 0.1) is 10.1 Å². The molecular weight excluding hydrogens is 494 g/mol. The lowest BCUT2D eigenvalue weighted by Gasteiger charge is -2.48. The second kappa shape index (κ2) is 11.6.